The summed E-state index contributed by atoms with van der Waals surface area (Å²) in [5.41, 5.74) is 1.03. The van der Waals surface area contributed by atoms with E-state index < -0.39 is 0 Å². The molecule has 0 bridgehead atoms. The van der Waals surface area contributed by atoms with Crippen LogP contribution in [0.1, 0.15) is 5.76 Å². The SMILES string of the molecule is COc1cccc(N2C[NH+](Cc3ccco3)CNC2=S)c1. The lowest BCUT2D eigenvalue weighted by atomic mass is 10.2. The Hall–Kier alpha value is -2.05. The maximum Gasteiger partial charge on any atom is 0.182 e. The van der Waals surface area contributed by atoms with Crippen molar-refractivity contribution in [3.8, 4) is 5.75 Å². The van der Waals surface area contributed by atoms with Gasteiger partial charge in [0, 0.05) is 6.07 Å². The van der Waals surface area contributed by atoms with Crippen molar-refractivity contribution in [2.24, 2.45) is 0 Å². The Labute approximate surface area is 129 Å². The second-order valence-corrected chi connectivity index (χ2v) is 5.34. The van der Waals surface area contributed by atoms with Gasteiger partial charge in [-0.2, -0.15) is 0 Å². The molecule has 0 aliphatic carbocycles. The zero-order valence-electron chi connectivity index (χ0n) is 11.8. The highest BCUT2D eigenvalue weighted by molar-refractivity contribution is 7.80. The molecule has 0 radical (unpaired) electrons. The number of ether oxygens (including phenoxy) is 1. The van der Waals surface area contributed by atoms with Gasteiger partial charge in [-0.25, -0.2) is 0 Å². The van der Waals surface area contributed by atoms with Crippen LogP contribution < -0.4 is 19.9 Å². The van der Waals surface area contributed by atoms with Gasteiger partial charge in [0.1, 0.15) is 12.3 Å². The Morgan fingerprint density at radius 3 is 3.05 bits per heavy atom. The summed E-state index contributed by atoms with van der Waals surface area (Å²) in [4.78, 5) is 3.42. The van der Waals surface area contributed by atoms with E-state index in [4.69, 9.17) is 21.4 Å². The average Bonchev–Trinajstić information content (AvgIpc) is 3.02. The Morgan fingerprint density at radius 1 is 1.38 bits per heavy atom. The predicted octanol–water partition coefficient (Wildman–Crippen LogP) is 0.983. The lowest BCUT2D eigenvalue weighted by Gasteiger charge is -2.34. The molecule has 2 heterocycles. The first-order chi connectivity index (χ1) is 10.3. The largest absolute Gasteiger partial charge is 0.497 e. The van der Waals surface area contributed by atoms with E-state index in [9.17, 15) is 0 Å². The number of benzene rings is 1. The highest BCUT2D eigenvalue weighted by Crippen LogP contribution is 2.20. The van der Waals surface area contributed by atoms with Crippen LogP contribution in [0, 0.1) is 0 Å². The number of hydrogen-bond donors (Lipinski definition) is 2. The van der Waals surface area contributed by atoms with Gasteiger partial charge in [0.15, 0.2) is 24.2 Å². The molecule has 0 spiro atoms. The molecule has 2 aromatic rings. The van der Waals surface area contributed by atoms with Gasteiger partial charge in [0.05, 0.1) is 19.1 Å². The minimum atomic E-state index is 0.742. The summed E-state index contributed by atoms with van der Waals surface area (Å²) >= 11 is 5.43. The molecule has 1 fully saturated rings. The highest BCUT2D eigenvalue weighted by Gasteiger charge is 2.25. The van der Waals surface area contributed by atoms with Crippen LogP contribution in [0.25, 0.3) is 0 Å². The van der Waals surface area contributed by atoms with Crippen molar-refractivity contribution >= 4 is 23.0 Å². The molecule has 3 rings (SSSR count). The summed E-state index contributed by atoms with van der Waals surface area (Å²) < 4.78 is 10.7. The van der Waals surface area contributed by atoms with Crippen LogP contribution in [0.4, 0.5) is 5.69 Å². The van der Waals surface area contributed by atoms with E-state index >= 15 is 0 Å². The van der Waals surface area contributed by atoms with Crippen molar-refractivity contribution in [2.75, 3.05) is 25.3 Å². The summed E-state index contributed by atoms with van der Waals surface area (Å²) in [5, 5.41) is 4.01. The first-order valence-electron chi connectivity index (χ1n) is 6.81. The summed E-state index contributed by atoms with van der Waals surface area (Å²) in [6, 6.07) is 11.8. The Kier molecular flexibility index (Phi) is 4.08. The van der Waals surface area contributed by atoms with Crippen molar-refractivity contribution in [2.45, 2.75) is 6.54 Å². The first-order valence-corrected chi connectivity index (χ1v) is 7.22. The zero-order chi connectivity index (χ0) is 14.7. The number of nitrogens with one attached hydrogen (secondary N) is 2. The fourth-order valence-electron chi connectivity index (χ4n) is 2.41. The van der Waals surface area contributed by atoms with Crippen LogP contribution in [0.3, 0.4) is 0 Å². The Balaban J connectivity index is 1.75. The van der Waals surface area contributed by atoms with Gasteiger partial charge >= 0.3 is 0 Å². The molecule has 6 heteroatoms. The molecule has 0 saturated carbocycles. The molecule has 1 aliphatic heterocycles. The second-order valence-electron chi connectivity index (χ2n) is 4.95. The van der Waals surface area contributed by atoms with Gasteiger partial charge in [-0.3, -0.25) is 9.80 Å². The van der Waals surface area contributed by atoms with Crippen molar-refractivity contribution in [1.29, 1.82) is 0 Å². The van der Waals surface area contributed by atoms with Crippen LogP contribution >= 0.6 is 12.2 Å². The van der Waals surface area contributed by atoms with Crippen molar-refractivity contribution < 1.29 is 14.1 Å². The molecule has 1 aliphatic rings. The summed E-state index contributed by atoms with van der Waals surface area (Å²) in [6.45, 7) is 2.41. The molecule has 110 valence electrons. The third kappa shape index (κ3) is 3.17. The molecule has 1 unspecified atom stereocenters. The van der Waals surface area contributed by atoms with Crippen molar-refractivity contribution in [3.63, 3.8) is 0 Å². The van der Waals surface area contributed by atoms with E-state index in [1.54, 1.807) is 13.4 Å². The normalized spacial score (nSPS) is 18.4. The van der Waals surface area contributed by atoms with Gasteiger partial charge in [-0.05, 0) is 36.5 Å². The van der Waals surface area contributed by atoms with E-state index in [0.29, 0.717) is 0 Å². The van der Waals surface area contributed by atoms with Gasteiger partial charge in [-0.15, -0.1) is 0 Å². The van der Waals surface area contributed by atoms with Gasteiger partial charge in [-0.1, -0.05) is 6.07 Å². The third-order valence-corrected chi connectivity index (χ3v) is 3.85. The van der Waals surface area contributed by atoms with Crippen LogP contribution in [-0.4, -0.2) is 25.6 Å². The van der Waals surface area contributed by atoms with Crippen LogP contribution in [-0.2, 0) is 6.54 Å². The molecule has 1 aromatic carbocycles. The fourth-order valence-corrected chi connectivity index (χ4v) is 2.65. The van der Waals surface area contributed by atoms with E-state index in [0.717, 1.165) is 42.2 Å². The number of hydrogen-bond acceptors (Lipinski definition) is 3. The second kappa shape index (κ2) is 6.15. The van der Waals surface area contributed by atoms with Crippen LogP contribution in [0.15, 0.2) is 47.1 Å². The molecule has 1 atom stereocenters. The topological polar surface area (TPSA) is 42.1 Å². The standard InChI is InChI=1S/C15H17N3O2S/c1-19-13-5-2-4-12(8-13)18-11-17(10-16-15(18)21)9-14-6-3-7-20-14/h2-8H,9-11H2,1H3,(H,16,21)/p+1. The van der Waals surface area contributed by atoms with Crippen LogP contribution in [0.2, 0.25) is 0 Å². The molecule has 21 heavy (non-hydrogen) atoms. The molecule has 2 N–H and O–H groups in total. The molecular weight excluding hydrogens is 286 g/mol. The van der Waals surface area contributed by atoms with Gasteiger partial charge < -0.3 is 14.5 Å². The number of quaternary nitrogens is 1. The predicted molar refractivity (Wildman–Crippen MR) is 84.3 cm³/mol. The van der Waals surface area contributed by atoms with Gasteiger partial charge in [0.2, 0.25) is 0 Å². The number of rotatable bonds is 4. The minimum absolute atomic E-state index is 0.742. The zero-order valence-corrected chi connectivity index (χ0v) is 12.7. The van der Waals surface area contributed by atoms with E-state index in [-0.39, 0.29) is 0 Å². The number of anilines is 1. The summed E-state index contributed by atoms with van der Waals surface area (Å²) in [5.74, 6) is 1.80. The fraction of sp³-hybridized carbons (Fsp3) is 0.267. The monoisotopic (exact) mass is 304 g/mol. The number of methoxy groups -OCH3 is 1. The maximum atomic E-state index is 5.43. The summed E-state index contributed by atoms with van der Waals surface area (Å²) in [6.07, 6.45) is 1.70. The minimum Gasteiger partial charge on any atom is -0.497 e. The molecule has 5 nitrogen and oxygen atoms in total. The molecule has 0 amide bonds. The van der Waals surface area contributed by atoms with E-state index in [2.05, 4.69) is 10.2 Å². The number of furan rings is 1. The smallest absolute Gasteiger partial charge is 0.182 e. The molecular formula is C15H18N3O2S+. The Morgan fingerprint density at radius 2 is 2.29 bits per heavy atom. The lowest BCUT2D eigenvalue weighted by molar-refractivity contribution is -0.917. The average molecular weight is 304 g/mol. The Bertz CT molecular complexity index is 615. The quantitative estimate of drug-likeness (QED) is 0.825. The first kappa shape index (κ1) is 13.9. The maximum absolute atomic E-state index is 5.43. The molecule has 1 aromatic heterocycles. The molecule has 1 saturated heterocycles. The highest BCUT2D eigenvalue weighted by atomic mass is 32.1. The van der Waals surface area contributed by atoms with E-state index in [1.807, 2.05) is 36.4 Å². The number of thiocarbonyl (C=S) groups is 1. The van der Waals surface area contributed by atoms with E-state index in [1.165, 1.54) is 4.90 Å². The van der Waals surface area contributed by atoms with Gasteiger partial charge in [0.25, 0.3) is 0 Å². The summed E-state index contributed by atoms with van der Waals surface area (Å²) in [7, 11) is 1.67. The van der Waals surface area contributed by atoms with Crippen LogP contribution in [0.5, 0.6) is 5.75 Å². The van der Waals surface area contributed by atoms with Crippen molar-refractivity contribution in [1.82, 2.24) is 5.32 Å². The third-order valence-electron chi connectivity index (χ3n) is 3.49. The lowest BCUT2D eigenvalue weighted by Crippen LogP contribution is -3.16. The number of nitrogens with zero attached hydrogens (tertiary/aromatic N) is 1. The van der Waals surface area contributed by atoms with Crippen molar-refractivity contribution in [3.05, 3.63) is 48.4 Å².